The Bertz CT molecular complexity index is 434. The van der Waals surface area contributed by atoms with Crippen LogP contribution in [0.2, 0.25) is 0 Å². The summed E-state index contributed by atoms with van der Waals surface area (Å²) in [5.41, 5.74) is 0.409. The van der Waals surface area contributed by atoms with Gasteiger partial charge in [-0.1, -0.05) is 18.2 Å². The molecule has 0 fully saturated rings. The van der Waals surface area contributed by atoms with Crippen LogP contribution < -0.4 is 5.14 Å². The van der Waals surface area contributed by atoms with Crippen molar-refractivity contribution in [2.24, 2.45) is 5.14 Å². The van der Waals surface area contributed by atoms with Gasteiger partial charge in [-0.25, -0.2) is 0 Å². The summed E-state index contributed by atoms with van der Waals surface area (Å²) < 4.78 is 12.0. The van der Waals surface area contributed by atoms with Crippen LogP contribution in [0.1, 0.15) is 20.8 Å². The van der Waals surface area contributed by atoms with E-state index in [-0.39, 0.29) is 0 Å². The lowest BCUT2D eigenvalue weighted by atomic mass is 10.3. The molecule has 0 amide bonds. The minimum Gasteiger partial charge on any atom is -0.288 e. The standard InChI is InChI=1S/C11H17NO2S/c1-11(2,3)15(12,14,9-13)10-7-5-4-6-8-10/h4-9H,1-3H3,(H2,12,14). The monoisotopic (exact) mass is 227 g/mol. The predicted molar refractivity (Wildman–Crippen MR) is 63.5 cm³/mol. The molecule has 84 valence electrons. The summed E-state index contributed by atoms with van der Waals surface area (Å²) in [4.78, 5) is 11.6. The predicted octanol–water partition coefficient (Wildman–Crippen LogP) is 1.73. The Kier molecular flexibility index (Phi) is 2.62. The lowest BCUT2D eigenvalue weighted by molar-refractivity contribution is 0.557. The number of hydrogen-bond acceptors (Lipinski definition) is 2. The van der Waals surface area contributed by atoms with Gasteiger partial charge < -0.3 is 0 Å². The zero-order valence-electron chi connectivity index (χ0n) is 9.27. The summed E-state index contributed by atoms with van der Waals surface area (Å²) >= 11 is 0. The molecule has 0 heterocycles. The molecule has 4 heteroatoms. The number of rotatable bonds is 2. The first-order valence-corrected chi connectivity index (χ1v) is 6.79. The highest BCUT2D eigenvalue weighted by Crippen LogP contribution is 2.39. The maximum Gasteiger partial charge on any atom is 0.201 e. The number of benzene rings is 1. The van der Waals surface area contributed by atoms with E-state index in [2.05, 4.69) is 0 Å². The highest BCUT2D eigenvalue weighted by Gasteiger charge is 2.46. The number of carbonyl (C=O) groups excluding carboxylic acids is 1. The summed E-state index contributed by atoms with van der Waals surface area (Å²) in [5, 5.41) is 5.92. The third-order valence-corrected chi connectivity index (χ3v) is 6.84. The number of hydrogen-bond donors (Lipinski definition) is 1. The van der Waals surface area contributed by atoms with Crippen LogP contribution in [-0.2, 0) is 14.0 Å². The van der Waals surface area contributed by atoms with E-state index >= 15 is 0 Å². The minimum absolute atomic E-state index is 0.400. The summed E-state index contributed by atoms with van der Waals surface area (Å²) in [6.45, 7) is 5.13. The lowest BCUT2D eigenvalue weighted by Gasteiger charge is -2.44. The molecule has 3 nitrogen and oxygen atoms in total. The number of nitrogens with two attached hydrogens (primary N) is 1. The zero-order valence-corrected chi connectivity index (χ0v) is 10.1. The second-order valence-electron chi connectivity index (χ2n) is 4.59. The first kappa shape index (κ1) is 12.1. The molecule has 0 unspecified atom stereocenters. The molecule has 0 aromatic heterocycles. The minimum atomic E-state index is -3.94. The summed E-state index contributed by atoms with van der Waals surface area (Å²) in [5.74, 6) is 0. The van der Waals surface area contributed by atoms with Crippen LogP contribution in [0.5, 0.6) is 0 Å². The van der Waals surface area contributed by atoms with E-state index in [0.29, 0.717) is 10.5 Å². The van der Waals surface area contributed by atoms with Gasteiger partial charge in [-0.15, -0.1) is 0 Å². The molecule has 1 aromatic carbocycles. The van der Waals surface area contributed by atoms with E-state index in [1.165, 1.54) is 0 Å². The Hall–Kier alpha value is -1.00. The normalized spacial score (nSPS) is 15.3. The Labute approximate surface area is 90.2 Å². The Morgan fingerprint density at radius 2 is 1.67 bits per heavy atom. The first-order valence-electron chi connectivity index (χ1n) is 4.69. The van der Waals surface area contributed by atoms with Crippen LogP contribution in [0, 0.1) is 0 Å². The topological polar surface area (TPSA) is 60.2 Å². The zero-order chi connectivity index (χ0) is 11.8. The summed E-state index contributed by atoms with van der Waals surface area (Å²) in [7, 11) is -3.94. The van der Waals surface area contributed by atoms with Crippen molar-refractivity contribution in [2.45, 2.75) is 30.4 Å². The quantitative estimate of drug-likeness (QED) is 0.782. The van der Waals surface area contributed by atoms with E-state index in [1.807, 2.05) is 0 Å². The van der Waals surface area contributed by atoms with Gasteiger partial charge in [0.15, 0.2) is 0 Å². The molecule has 2 N–H and O–H groups in total. The van der Waals surface area contributed by atoms with Gasteiger partial charge in [-0.2, -0.15) is 0 Å². The van der Waals surface area contributed by atoms with Gasteiger partial charge in [-0.05, 0) is 32.9 Å². The van der Waals surface area contributed by atoms with Crippen LogP contribution in [0.25, 0.3) is 0 Å². The Morgan fingerprint density at radius 3 is 2.00 bits per heavy atom. The molecular weight excluding hydrogens is 210 g/mol. The molecule has 0 aliphatic rings. The van der Waals surface area contributed by atoms with Crippen LogP contribution in [0.4, 0.5) is 0 Å². The molecule has 0 spiro atoms. The van der Waals surface area contributed by atoms with Gasteiger partial charge in [0.1, 0.15) is 0 Å². The molecule has 1 aromatic rings. The summed E-state index contributed by atoms with van der Waals surface area (Å²) in [6.07, 6.45) is 0. The van der Waals surface area contributed by atoms with Crippen molar-refractivity contribution in [3.8, 4) is 0 Å². The average molecular weight is 227 g/mol. The SMILES string of the molecule is CC(C)(C)S(N)(=O)(C=O)c1ccccc1. The van der Waals surface area contributed by atoms with Crippen molar-refractivity contribution in [3.63, 3.8) is 0 Å². The van der Waals surface area contributed by atoms with Crippen molar-refractivity contribution >= 4 is 14.9 Å². The molecule has 0 radical (unpaired) electrons. The van der Waals surface area contributed by atoms with Gasteiger partial charge in [0.05, 0.1) is 0 Å². The fourth-order valence-electron chi connectivity index (χ4n) is 1.25. The van der Waals surface area contributed by atoms with Gasteiger partial charge >= 0.3 is 0 Å². The second-order valence-corrected chi connectivity index (χ2v) is 8.62. The molecule has 0 saturated carbocycles. The van der Waals surface area contributed by atoms with Crippen LogP contribution >= 0.6 is 0 Å². The maximum absolute atomic E-state index is 12.8. The Morgan fingerprint density at radius 1 is 1.20 bits per heavy atom. The fourth-order valence-corrected chi connectivity index (χ4v) is 3.08. The third kappa shape index (κ3) is 1.64. The highest BCUT2D eigenvalue weighted by molar-refractivity contribution is 8.29. The van der Waals surface area contributed by atoms with E-state index in [1.54, 1.807) is 51.1 Å². The van der Waals surface area contributed by atoms with Crippen molar-refractivity contribution in [1.82, 2.24) is 0 Å². The summed E-state index contributed by atoms with van der Waals surface area (Å²) in [6, 6.07) is 8.52. The largest absolute Gasteiger partial charge is 0.288 e. The molecule has 0 bridgehead atoms. The number of carbonyl (C=O) groups is 1. The van der Waals surface area contributed by atoms with Crippen molar-refractivity contribution in [2.75, 3.05) is 0 Å². The van der Waals surface area contributed by atoms with E-state index < -0.39 is 14.0 Å². The van der Waals surface area contributed by atoms with Crippen molar-refractivity contribution in [1.29, 1.82) is 0 Å². The lowest BCUT2D eigenvalue weighted by Crippen LogP contribution is -2.58. The van der Waals surface area contributed by atoms with Crippen LogP contribution in [-0.4, -0.2) is 14.6 Å². The average Bonchev–Trinajstić information content (AvgIpc) is 2.18. The smallest absolute Gasteiger partial charge is 0.201 e. The molecule has 0 aliphatic carbocycles. The van der Waals surface area contributed by atoms with Gasteiger partial charge in [0.2, 0.25) is 5.62 Å². The molecule has 0 aliphatic heterocycles. The molecule has 15 heavy (non-hydrogen) atoms. The van der Waals surface area contributed by atoms with E-state index in [4.69, 9.17) is 5.14 Å². The highest BCUT2D eigenvalue weighted by atomic mass is 32.3. The van der Waals surface area contributed by atoms with E-state index in [0.717, 1.165) is 0 Å². The molecule has 1 rings (SSSR count). The molecule has 0 atom stereocenters. The third-order valence-electron chi connectivity index (χ3n) is 2.68. The van der Waals surface area contributed by atoms with Crippen LogP contribution in [0.15, 0.2) is 35.2 Å². The van der Waals surface area contributed by atoms with E-state index in [9.17, 15) is 9.00 Å². The molecular formula is C11H17NO2S. The fraction of sp³-hybridized carbons (Fsp3) is 0.364. The van der Waals surface area contributed by atoms with Gasteiger partial charge in [0, 0.05) is 18.9 Å². The Balaban J connectivity index is 3.55. The van der Waals surface area contributed by atoms with Crippen molar-refractivity contribution < 1.29 is 9.00 Å². The van der Waals surface area contributed by atoms with Gasteiger partial charge in [0.25, 0.3) is 0 Å². The second kappa shape index (κ2) is 3.25. The van der Waals surface area contributed by atoms with Gasteiger partial charge in [-0.3, -0.25) is 14.1 Å². The van der Waals surface area contributed by atoms with Crippen LogP contribution in [0.3, 0.4) is 0 Å². The maximum atomic E-state index is 12.8. The molecule has 0 saturated heterocycles. The van der Waals surface area contributed by atoms with Crippen molar-refractivity contribution in [3.05, 3.63) is 30.3 Å². The first-order chi connectivity index (χ1) is 6.72.